The van der Waals surface area contributed by atoms with Gasteiger partial charge in [0.05, 0.1) is 0 Å². The molecule has 1 aliphatic heterocycles. The van der Waals surface area contributed by atoms with Gasteiger partial charge in [0.25, 0.3) is 0 Å². The number of halogens is 1. The molecule has 1 aromatic carbocycles. The van der Waals surface area contributed by atoms with Crippen molar-refractivity contribution in [1.29, 1.82) is 0 Å². The zero-order valence-electron chi connectivity index (χ0n) is 13.0. The summed E-state index contributed by atoms with van der Waals surface area (Å²) >= 11 is 5.96. The number of nitrogens with zero attached hydrogens (tertiary/aromatic N) is 1. The van der Waals surface area contributed by atoms with E-state index < -0.39 is 0 Å². The Morgan fingerprint density at radius 2 is 2.00 bits per heavy atom. The molecular weight excluding hydrogens is 302 g/mol. The van der Waals surface area contributed by atoms with Crippen LogP contribution in [-0.4, -0.2) is 36.0 Å². The summed E-state index contributed by atoms with van der Waals surface area (Å²) in [7, 11) is 0. The van der Waals surface area contributed by atoms with Gasteiger partial charge in [-0.25, -0.2) is 4.79 Å². The summed E-state index contributed by atoms with van der Waals surface area (Å²) in [6, 6.07) is 5.26. The molecule has 3 amide bonds. The van der Waals surface area contributed by atoms with Gasteiger partial charge in [0.2, 0.25) is 5.91 Å². The number of aryl methyl sites for hydroxylation is 1. The Labute approximate surface area is 136 Å². The Morgan fingerprint density at radius 1 is 1.32 bits per heavy atom. The second-order valence-electron chi connectivity index (χ2n) is 5.57. The second-order valence-corrected chi connectivity index (χ2v) is 5.98. The Balaban J connectivity index is 1.80. The van der Waals surface area contributed by atoms with Crippen molar-refractivity contribution in [2.24, 2.45) is 0 Å². The van der Waals surface area contributed by atoms with Gasteiger partial charge in [0.1, 0.15) is 0 Å². The van der Waals surface area contributed by atoms with Crippen LogP contribution in [0.5, 0.6) is 0 Å². The quantitative estimate of drug-likeness (QED) is 0.897. The first kappa shape index (κ1) is 16.6. The van der Waals surface area contributed by atoms with E-state index in [1.54, 1.807) is 12.1 Å². The largest absolute Gasteiger partial charge is 0.343 e. The zero-order chi connectivity index (χ0) is 16.1. The third-order valence-corrected chi connectivity index (χ3v) is 4.33. The number of piperidine rings is 1. The lowest BCUT2D eigenvalue weighted by molar-refractivity contribution is -0.131. The second kappa shape index (κ2) is 7.49. The van der Waals surface area contributed by atoms with Crippen molar-refractivity contribution in [3.63, 3.8) is 0 Å². The van der Waals surface area contributed by atoms with E-state index in [1.807, 2.05) is 24.8 Å². The minimum absolute atomic E-state index is 0.106. The summed E-state index contributed by atoms with van der Waals surface area (Å²) in [4.78, 5) is 25.5. The third kappa shape index (κ3) is 4.37. The molecule has 0 spiro atoms. The fraction of sp³-hybridized carbons (Fsp3) is 0.500. The van der Waals surface area contributed by atoms with Crippen molar-refractivity contribution in [3.8, 4) is 0 Å². The summed E-state index contributed by atoms with van der Waals surface area (Å²) in [5.74, 6) is 0.180. The standard InChI is InChI=1S/C16H22ClN3O2/c1-3-15(21)20-8-6-12(7-9-20)18-16(22)19-13-4-5-14(17)11(2)10-13/h4-5,10,12H,3,6-9H2,1-2H3,(H2,18,19,22). The summed E-state index contributed by atoms with van der Waals surface area (Å²) in [6.45, 7) is 5.18. The van der Waals surface area contributed by atoms with E-state index in [9.17, 15) is 9.59 Å². The molecule has 0 saturated carbocycles. The van der Waals surface area contributed by atoms with Crippen LogP contribution >= 0.6 is 11.6 Å². The van der Waals surface area contributed by atoms with Gasteiger partial charge in [0, 0.05) is 36.3 Å². The molecule has 5 nitrogen and oxygen atoms in total. The molecule has 6 heteroatoms. The molecule has 0 aliphatic carbocycles. The molecule has 0 bridgehead atoms. The van der Waals surface area contributed by atoms with Crippen molar-refractivity contribution in [1.82, 2.24) is 10.2 Å². The minimum atomic E-state index is -0.220. The molecule has 120 valence electrons. The van der Waals surface area contributed by atoms with Crippen LogP contribution in [0.4, 0.5) is 10.5 Å². The number of likely N-dealkylation sites (tertiary alicyclic amines) is 1. The van der Waals surface area contributed by atoms with Crippen LogP contribution in [0.25, 0.3) is 0 Å². The molecule has 22 heavy (non-hydrogen) atoms. The first-order valence-corrected chi connectivity index (χ1v) is 7.99. The van der Waals surface area contributed by atoms with E-state index >= 15 is 0 Å². The van der Waals surface area contributed by atoms with Crippen molar-refractivity contribution in [3.05, 3.63) is 28.8 Å². The molecule has 1 aliphatic rings. The summed E-state index contributed by atoms with van der Waals surface area (Å²) < 4.78 is 0. The van der Waals surface area contributed by atoms with E-state index in [2.05, 4.69) is 10.6 Å². The van der Waals surface area contributed by atoms with Crippen LogP contribution in [0.3, 0.4) is 0 Å². The fourth-order valence-corrected chi connectivity index (χ4v) is 2.69. The number of hydrogen-bond donors (Lipinski definition) is 2. The molecule has 1 heterocycles. The number of nitrogens with one attached hydrogen (secondary N) is 2. The molecule has 2 rings (SSSR count). The van der Waals surface area contributed by atoms with Crippen LogP contribution < -0.4 is 10.6 Å². The predicted octanol–water partition coefficient (Wildman–Crippen LogP) is 3.17. The molecular formula is C16H22ClN3O2. The van der Waals surface area contributed by atoms with Crippen LogP contribution in [-0.2, 0) is 4.79 Å². The average molecular weight is 324 g/mol. The maximum Gasteiger partial charge on any atom is 0.319 e. The number of amides is 3. The van der Waals surface area contributed by atoms with Gasteiger partial charge in [-0.1, -0.05) is 18.5 Å². The van der Waals surface area contributed by atoms with Crippen LogP contribution in [0, 0.1) is 6.92 Å². The molecule has 2 N–H and O–H groups in total. The molecule has 0 radical (unpaired) electrons. The SMILES string of the molecule is CCC(=O)N1CCC(NC(=O)Nc2ccc(Cl)c(C)c2)CC1. The number of benzene rings is 1. The highest BCUT2D eigenvalue weighted by molar-refractivity contribution is 6.31. The Morgan fingerprint density at radius 3 is 2.59 bits per heavy atom. The van der Waals surface area contributed by atoms with E-state index in [0.717, 1.165) is 24.1 Å². The number of carbonyl (C=O) groups is 2. The highest BCUT2D eigenvalue weighted by atomic mass is 35.5. The zero-order valence-corrected chi connectivity index (χ0v) is 13.7. The smallest absolute Gasteiger partial charge is 0.319 e. The van der Waals surface area contributed by atoms with Crippen molar-refractivity contribution in [2.45, 2.75) is 39.2 Å². The maximum absolute atomic E-state index is 12.0. The predicted molar refractivity (Wildman–Crippen MR) is 88.2 cm³/mol. The van der Waals surface area contributed by atoms with Crippen LogP contribution in [0.2, 0.25) is 5.02 Å². The highest BCUT2D eigenvalue weighted by Gasteiger charge is 2.22. The van der Waals surface area contributed by atoms with Crippen molar-refractivity contribution in [2.75, 3.05) is 18.4 Å². The van der Waals surface area contributed by atoms with E-state index in [-0.39, 0.29) is 18.0 Å². The normalized spacial score (nSPS) is 15.5. The van der Waals surface area contributed by atoms with Crippen molar-refractivity contribution >= 4 is 29.2 Å². The van der Waals surface area contributed by atoms with Crippen LogP contribution in [0.1, 0.15) is 31.7 Å². The number of anilines is 1. The lowest BCUT2D eigenvalue weighted by Gasteiger charge is -2.32. The Kier molecular flexibility index (Phi) is 5.66. The molecule has 0 atom stereocenters. The van der Waals surface area contributed by atoms with E-state index in [0.29, 0.717) is 24.5 Å². The lowest BCUT2D eigenvalue weighted by Crippen LogP contribution is -2.47. The van der Waals surface area contributed by atoms with Gasteiger partial charge in [-0.3, -0.25) is 4.79 Å². The number of carbonyl (C=O) groups excluding carboxylic acids is 2. The summed E-state index contributed by atoms with van der Waals surface area (Å²) in [6.07, 6.45) is 2.12. The lowest BCUT2D eigenvalue weighted by atomic mass is 10.0. The first-order chi connectivity index (χ1) is 10.5. The Bertz CT molecular complexity index is 554. The number of hydrogen-bond acceptors (Lipinski definition) is 2. The first-order valence-electron chi connectivity index (χ1n) is 7.61. The molecule has 0 unspecified atom stereocenters. The molecule has 1 aromatic rings. The van der Waals surface area contributed by atoms with Gasteiger partial charge in [-0.2, -0.15) is 0 Å². The molecule has 0 aromatic heterocycles. The Hall–Kier alpha value is -1.75. The van der Waals surface area contributed by atoms with Gasteiger partial charge in [-0.15, -0.1) is 0 Å². The number of rotatable bonds is 3. The molecule has 1 fully saturated rings. The van der Waals surface area contributed by atoms with Gasteiger partial charge < -0.3 is 15.5 Å². The van der Waals surface area contributed by atoms with Crippen LogP contribution in [0.15, 0.2) is 18.2 Å². The van der Waals surface area contributed by atoms with Gasteiger partial charge in [0.15, 0.2) is 0 Å². The fourth-order valence-electron chi connectivity index (χ4n) is 2.57. The van der Waals surface area contributed by atoms with E-state index in [4.69, 9.17) is 11.6 Å². The topological polar surface area (TPSA) is 61.4 Å². The molecule has 1 saturated heterocycles. The van der Waals surface area contributed by atoms with Gasteiger partial charge >= 0.3 is 6.03 Å². The third-order valence-electron chi connectivity index (χ3n) is 3.90. The van der Waals surface area contributed by atoms with Gasteiger partial charge in [-0.05, 0) is 43.5 Å². The highest BCUT2D eigenvalue weighted by Crippen LogP contribution is 2.19. The number of urea groups is 1. The monoisotopic (exact) mass is 323 g/mol. The minimum Gasteiger partial charge on any atom is -0.343 e. The van der Waals surface area contributed by atoms with E-state index in [1.165, 1.54) is 0 Å². The van der Waals surface area contributed by atoms with Crippen molar-refractivity contribution < 1.29 is 9.59 Å². The summed E-state index contributed by atoms with van der Waals surface area (Å²) in [5, 5.41) is 6.45. The maximum atomic E-state index is 12.0. The summed E-state index contributed by atoms with van der Waals surface area (Å²) in [5.41, 5.74) is 1.64. The average Bonchev–Trinajstić information content (AvgIpc) is 2.51.